The molecular weight excluding hydrogens is 258 g/mol. The number of halogens is 1. The summed E-state index contributed by atoms with van der Waals surface area (Å²) < 4.78 is 0. The highest BCUT2D eigenvalue weighted by Gasteiger charge is 2.03. The maximum atomic E-state index is 6.06. The van der Waals surface area contributed by atoms with Gasteiger partial charge in [-0.1, -0.05) is 25.4 Å². The number of pyridine rings is 1. The van der Waals surface area contributed by atoms with Gasteiger partial charge in [-0.25, -0.2) is 0 Å². The number of anilines is 1. The molecule has 0 fully saturated rings. The number of nitrogens with zero attached hydrogens (tertiary/aromatic N) is 2. The molecule has 0 radical (unpaired) electrons. The third kappa shape index (κ3) is 3.58. The second kappa shape index (κ2) is 6.73. The maximum absolute atomic E-state index is 6.06. The number of likely N-dealkylation sites (N-methyl/N-ethyl adjacent to an activating group) is 1. The molecule has 1 heterocycles. The van der Waals surface area contributed by atoms with E-state index in [-0.39, 0.29) is 0 Å². The van der Waals surface area contributed by atoms with Crippen molar-refractivity contribution >= 4 is 28.2 Å². The van der Waals surface area contributed by atoms with Gasteiger partial charge in [0.15, 0.2) is 0 Å². The van der Waals surface area contributed by atoms with Crippen molar-refractivity contribution in [1.82, 2.24) is 9.88 Å². The molecule has 0 aliphatic rings. The molecule has 1 aromatic heterocycles. The van der Waals surface area contributed by atoms with Crippen LogP contribution >= 0.6 is 11.6 Å². The Balaban J connectivity index is 2.10. The van der Waals surface area contributed by atoms with E-state index in [0.717, 1.165) is 47.8 Å². The van der Waals surface area contributed by atoms with E-state index in [4.69, 9.17) is 11.6 Å². The number of aromatic nitrogens is 1. The summed E-state index contributed by atoms with van der Waals surface area (Å²) in [5.41, 5.74) is 2.07. The molecule has 2 rings (SSSR count). The first kappa shape index (κ1) is 14.1. The van der Waals surface area contributed by atoms with Gasteiger partial charge in [-0.3, -0.25) is 4.98 Å². The highest BCUT2D eigenvalue weighted by molar-refractivity contribution is 6.31. The second-order valence-corrected chi connectivity index (χ2v) is 4.91. The van der Waals surface area contributed by atoms with Crippen LogP contribution in [0.25, 0.3) is 10.9 Å². The Labute approximate surface area is 119 Å². The maximum Gasteiger partial charge on any atom is 0.0723 e. The van der Waals surface area contributed by atoms with Gasteiger partial charge in [0.25, 0.3) is 0 Å². The predicted molar refractivity (Wildman–Crippen MR) is 83.0 cm³/mol. The van der Waals surface area contributed by atoms with Crippen LogP contribution in [0, 0.1) is 0 Å². The van der Waals surface area contributed by atoms with Crippen LogP contribution in [0.15, 0.2) is 30.5 Å². The Morgan fingerprint density at radius 2 is 2.00 bits per heavy atom. The Bertz CT molecular complexity index is 538. The molecule has 102 valence electrons. The molecule has 19 heavy (non-hydrogen) atoms. The average Bonchev–Trinajstić information content (AvgIpc) is 2.44. The van der Waals surface area contributed by atoms with Gasteiger partial charge < -0.3 is 10.2 Å². The zero-order valence-corrected chi connectivity index (χ0v) is 12.2. The lowest BCUT2D eigenvalue weighted by molar-refractivity contribution is 0.316. The van der Waals surface area contributed by atoms with Crippen LogP contribution in [0.3, 0.4) is 0 Å². The minimum atomic E-state index is 0.743. The highest BCUT2D eigenvalue weighted by Crippen LogP contribution is 2.24. The monoisotopic (exact) mass is 277 g/mol. The van der Waals surface area contributed by atoms with Crippen molar-refractivity contribution in [2.75, 3.05) is 31.5 Å². The molecule has 0 atom stereocenters. The summed E-state index contributed by atoms with van der Waals surface area (Å²) in [4.78, 5) is 6.74. The standard InChI is InChI=1S/C15H20ClN3/c1-3-19(4-2)10-9-18-15-7-8-17-14-6-5-12(16)11-13(14)15/h5-8,11H,3-4,9-10H2,1-2H3,(H,17,18). The molecule has 0 saturated heterocycles. The van der Waals surface area contributed by atoms with E-state index in [2.05, 4.69) is 29.0 Å². The zero-order valence-electron chi connectivity index (χ0n) is 11.5. The SMILES string of the molecule is CCN(CC)CCNc1ccnc2ccc(Cl)cc12. The van der Waals surface area contributed by atoms with Gasteiger partial charge in [0.05, 0.1) is 5.52 Å². The normalized spacial score (nSPS) is 11.2. The van der Waals surface area contributed by atoms with E-state index in [1.165, 1.54) is 0 Å². The van der Waals surface area contributed by atoms with E-state index >= 15 is 0 Å². The summed E-state index contributed by atoms with van der Waals surface area (Å²) in [7, 11) is 0. The highest BCUT2D eigenvalue weighted by atomic mass is 35.5. The van der Waals surface area contributed by atoms with Crippen LogP contribution in [0.5, 0.6) is 0 Å². The van der Waals surface area contributed by atoms with Crippen LogP contribution in [-0.2, 0) is 0 Å². The summed E-state index contributed by atoms with van der Waals surface area (Å²) >= 11 is 6.06. The predicted octanol–water partition coefficient (Wildman–Crippen LogP) is 3.64. The lowest BCUT2D eigenvalue weighted by atomic mass is 10.2. The van der Waals surface area contributed by atoms with Gasteiger partial charge in [0.1, 0.15) is 0 Å². The topological polar surface area (TPSA) is 28.2 Å². The summed E-state index contributed by atoms with van der Waals surface area (Å²) in [6.07, 6.45) is 1.83. The largest absolute Gasteiger partial charge is 0.383 e. The molecular formula is C15H20ClN3. The first-order valence-corrected chi connectivity index (χ1v) is 7.13. The molecule has 1 N–H and O–H groups in total. The van der Waals surface area contributed by atoms with Crippen molar-refractivity contribution in [2.45, 2.75) is 13.8 Å². The van der Waals surface area contributed by atoms with Crippen molar-refractivity contribution < 1.29 is 0 Å². The van der Waals surface area contributed by atoms with E-state index in [9.17, 15) is 0 Å². The van der Waals surface area contributed by atoms with Crippen LogP contribution in [0.2, 0.25) is 5.02 Å². The van der Waals surface area contributed by atoms with Crippen molar-refractivity contribution in [2.24, 2.45) is 0 Å². The number of rotatable bonds is 6. The van der Waals surface area contributed by atoms with Gasteiger partial charge >= 0.3 is 0 Å². The Morgan fingerprint density at radius 1 is 1.21 bits per heavy atom. The third-order valence-electron chi connectivity index (χ3n) is 3.34. The van der Waals surface area contributed by atoms with Crippen LogP contribution in [0.4, 0.5) is 5.69 Å². The molecule has 0 spiro atoms. The molecule has 0 saturated carbocycles. The number of fused-ring (bicyclic) bond motifs is 1. The minimum Gasteiger partial charge on any atom is -0.383 e. The fourth-order valence-electron chi connectivity index (χ4n) is 2.16. The van der Waals surface area contributed by atoms with Crippen LogP contribution in [0.1, 0.15) is 13.8 Å². The van der Waals surface area contributed by atoms with Gasteiger partial charge in [-0.15, -0.1) is 0 Å². The lowest BCUT2D eigenvalue weighted by Gasteiger charge is -2.18. The molecule has 0 aliphatic carbocycles. The van der Waals surface area contributed by atoms with Crippen molar-refractivity contribution in [3.05, 3.63) is 35.5 Å². The first-order chi connectivity index (χ1) is 9.24. The van der Waals surface area contributed by atoms with E-state index in [1.807, 2.05) is 30.5 Å². The summed E-state index contributed by atoms with van der Waals surface area (Å²) in [6.45, 7) is 8.50. The minimum absolute atomic E-state index is 0.743. The van der Waals surface area contributed by atoms with E-state index in [0.29, 0.717) is 0 Å². The second-order valence-electron chi connectivity index (χ2n) is 4.47. The van der Waals surface area contributed by atoms with E-state index < -0.39 is 0 Å². The number of benzene rings is 1. The summed E-state index contributed by atoms with van der Waals surface area (Å²) in [6, 6.07) is 7.79. The molecule has 2 aromatic rings. The molecule has 0 bridgehead atoms. The quantitative estimate of drug-likeness (QED) is 0.874. The van der Waals surface area contributed by atoms with Gasteiger partial charge in [0.2, 0.25) is 0 Å². The van der Waals surface area contributed by atoms with Crippen LogP contribution < -0.4 is 5.32 Å². The average molecular weight is 278 g/mol. The number of hydrogen-bond acceptors (Lipinski definition) is 3. The molecule has 0 unspecified atom stereocenters. The molecule has 0 amide bonds. The Kier molecular flexibility index (Phi) is 5.00. The van der Waals surface area contributed by atoms with Gasteiger partial charge in [-0.2, -0.15) is 0 Å². The van der Waals surface area contributed by atoms with Crippen molar-refractivity contribution in [1.29, 1.82) is 0 Å². The molecule has 1 aromatic carbocycles. The first-order valence-electron chi connectivity index (χ1n) is 6.75. The number of hydrogen-bond donors (Lipinski definition) is 1. The van der Waals surface area contributed by atoms with E-state index in [1.54, 1.807) is 0 Å². The fraction of sp³-hybridized carbons (Fsp3) is 0.400. The molecule has 4 heteroatoms. The summed E-state index contributed by atoms with van der Waals surface area (Å²) in [5, 5.41) is 5.29. The summed E-state index contributed by atoms with van der Waals surface area (Å²) in [5.74, 6) is 0. The molecule has 0 aliphatic heterocycles. The zero-order chi connectivity index (χ0) is 13.7. The van der Waals surface area contributed by atoms with Gasteiger partial charge in [0, 0.05) is 35.4 Å². The number of nitrogens with one attached hydrogen (secondary N) is 1. The Morgan fingerprint density at radius 3 is 2.74 bits per heavy atom. The van der Waals surface area contributed by atoms with Crippen molar-refractivity contribution in [3.8, 4) is 0 Å². The van der Waals surface area contributed by atoms with Gasteiger partial charge in [-0.05, 0) is 37.4 Å². The van der Waals surface area contributed by atoms with Crippen molar-refractivity contribution in [3.63, 3.8) is 0 Å². The van der Waals surface area contributed by atoms with Crippen LogP contribution in [-0.4, -0.2) is 36.1 Å². The lowest BCUT2D eigenvalue weighted by Crippen LogP contribution is -2.28. The fourth-order valence-corrected chi connectivity index (χ4v) is 2.33. The smallest absolute Gasteiger partial charge is 0.0723 e. The molecule has 3 nitrogen and oxygen atoms in total. The third-order valence-corrected chi connectivity index (χ3v) is 3.58. The Hall–Kier alpha value is -1.32.